The van der Waals surface area contributed by atoms with Crippen LogP contribution < -0.4 is 15.2 Å². The number of rotatable bonds is 4. The lowest BCUT2D eigenvalue weighted by molar-refractivity contribution is 0.294. The second-order valence-electron chi connectivity index (χ2n) is 5.57. The van der Waals surface area contributed by atoms with Crippen LogP contribution in [0.25, 0.3) is 0 Å². The molecule has 0 saturated heterocycles. The minimum absolute atomic E-state index is 0.150. The fraction of sp³-hybridized carbons (Fsp3) is 0.333. The Balaban J connectivity index is 1.82. The van der Waals surface area contributed by atoms with Gasteiger partial charge in [0.05, 0.1) is 7.11 Å². The van der Waals surface area contributed by atoms with Crippen LogP contribution in [0.5, 0.6) is 11.5 Å². The van der Waals surface area contributed by atoms with Crippen molar-refractivity contribution in [3.05, 3.63) is 58.7 Å². The number of hydrogen-bond acceptors (Lipinski definition) is 3. The summed E-state index contributed by atoms with van der Waals surface area (Å²) in [6.07, 6.45) is 2.00. The lowest BCUT2D eigenvalue weighted by Gasteiger charge is -2.14. The van der Waals surface area contributed by atoms with Crippen molar-refractivity contribution in [3.63, 3.8) is 0 Å². The fourth-order valence-corrected chi connectivity index (χ4v) is 2.96. The highest BCUT2D eigenvalue weighted by Crippen LogP contribution is 2.36. The largest absolute Gasteiger partial charge is 0.496 e. The molecule has 0 aliphatic heterocycles. The van der Waals surface area contributed by atoms with Crippen LogP contribution >= 0.6 is 0 Å². The van der Waals surface area contributed by atoms with Gasteiger partial charge in [-0.1, -0.05) is 23.8 Å². The second-order valence-corrected chi connectivity index (χ2v) is 5.57. The van der Waals surface area contributed by atoms with Crippen molar-refractivity contribution in [2.24, 2.45) is 5.73 Å². The van der Waals surface area contributed by atoms with E-state index in [-0.39, 0.29) is 6.04 Å². The van der Waals surface area contributed by atoms with Gasteiger partial charge in [0.1, 0.15) is 18.1 Å². The van der Waals surface area contributed by atoms with E-state index in [1.165, 1.54) is 16.7 Å². The van der Waals surface area contributed by atoms with Crippen molar-refractivity contribution in [1.29, 1.82) is 0 Å². The number of aryl methyl sites for hydroxylation is 1. The average Bonchev–Trinajstić information content (AvgIpc) is 2.87. The molecule has 0 amide bonds. The summed E-state index contributed by atoms with van der Waals surface area (Å²) in [4.78, 5) is 0. The molecule has 3 heteroatoms. The van der Waals surface area contributed by atoms with Crippen molar-refractivity contribution in [3.8, 4) is 11.5 Å². The number of hydrogen-bond donors (Lipinski definition) is 1. The van der Waals surface area contributed by atoms with Crippen molar-refractivity contribution >= 4 is 0 Å². The lowest BCUT2D eigenvalue weighted by atomic mass is 10.1. The molecule has 2 N–H and O–H groups in total. The molecule has 2 aromatic carbocycles. The summed E-state index contributed by atoms with van der Waals surface area (Å²) in [5, 5.41) is 0. The molecule has 0 heterocycles. The molecule has 1 atom stereocenters. The maximum Gasteiger partial charge on any atom is 0.125 e. The van der Waals surface area contributed by atoms with Crippen LogP contribution in [0.2, 0.25) is 0 Å². The highest BCUT2D eigenvalue weighted by Gasteiger charge is 2.22. The molecular weight excluding hydrogens is 262 g/mol. The van der Waals surface area contributed by atoms with Crippen molar-refractivity contribution in [2.45, 2.75) is 32.4 Å². The van der Waals surface area contributed by atoms with Crippen molar-refractivity contribution < 1.29 is 9.47 Å². The Morgan fingerprint density at radius 2 is 2.05 bits per heavy atom. The topological polar surface area (TPSA) is 44.5 Å². The molecule has 2 aromatic rings. The van der Waals surface area contributed by atoms with Crippen LogP contribution in [0.4, 0.5) is 0 Å². The summed E-state index contributed by atoms with van der Waals surface area (Å²) in [5.74, 6) is 1.81. The molecule has 3 nitrogen and oxygen atoms in total. The predicted octanol–water partition coefficient (Wildman–Crippen LogP) is 3.53. The van der Waals surface area contributed by atoms with Gasteiger partial charge in [-0.25, -0.2) is 0 Å². The maximum absolute atomic E-state index is 6.11. The number of ether oxygens (including phenoxy) is 2. The van der Waals surface area contributed by atoms with Crippen molar-refractivity contribution in [2.75, 3.05) is 7.11 Å². The van der Waals surface area contributed by atoms with E-state index in [0.29, 0.717) is 6.61 Å². The lowest BCUT2D eigenvalue weighted by Crippen LogP contribution is -2.05. The fourth-order valence-electron chi connectivity index (χ4n) is 2.96. The minimum atomic E-state index is 0.150. The third-order valence-electron chi connectivity index (χ3n) is 4.09. The molecule has 21 heavy (non-hydrogen) atoms. The van der Waals surface area contributed by atoms with Gasteiger partial charge in [-0.15, -0.1) is 0 Å². The SMILES string of the molecule is COc1ccc(C)cc1COc1cccc2c1CCC2N. The normalized spacial score (nSPS) is 16.6. The van der Waals surface area contributed by atoms with Gasteiger partial charge in [-0.05, 0) is 49.1 Å². The summed E-state index contributed by atoms with van der Waals surface area (Å²) in [6.45, 7) is 2.58. The molecule has 0 bridgehead atoms. The van der Waals surface area contributed by atoms with Crippen LogP contribution in [-0.2, 0) is 13.0 Å². The number of benzene rings is 2. The van der Waals surface area contributed by atoms with Crippen LogP contribution in [0.15, 0.2) is 36.4 Å². The third kappa shape index (κ3) is 2.74. The number of methoxy groups -OCH3 is 1. The summed E-state index contributed by atoms with van der Waals surface area (Å²) in [7, 11) is 1.69. The molecular formula is C18H21NO2. The molecule has 0 radical (unpaired) electrons. The molecule has 110 valence electrons. The van der Waals surface area contributed by atoms with Gasteiger partial charge in [0.25, 0.3) is 0 Å². The zero-order valence-corrected chi connectivity index (χ0v) is 12.6. The zero-order chi connectivity index (χ0) is 14.8. The van der Waals surface area contributed by atoms with Gasteiger partial charge in [0.15, 0.2) is 0 Å². The Morgan fingerprint density at radius 1 is 1.19 bits per heavy atom. The summed E-state index contributed by atoms with van der Waals surface area (Å²) >= 11 is 0. The zero-order valence-electron chi connectivity index (χ0n) is 12.6. The quantitative estimate of drug-likeness (QED) is 0.933. The number of nitrogens with two attached hydrogens (primary N) is 1. The van der Waals surface area contributed by atoms with Gasteiger partial charge >= 0.3 is 0 Å². The van der Waals surface area contributed by atoms with Gasteiger partial charge in [0, 0.05) is 11.6 Å². The molecule has 0 saturated carbocycles. The minimum Gasteiger partial charge on any atom is -0.496 e. The predicted molar refractivity (Wildman–Crippen MR) is 83.8 cm³/mol. The third-order valence-corrected chi connectivity index (χ3v) is 4.09. The smallest absolute Gasteiger partial charge is 0.125 e. The molecule has 1 aliphatic carbocycles. The van der Waals surface area contributed by atoms with Crippen LogP contribution in [0, 0.1) is 6.92 Å². The van der Waals surface area contributed by atoms with E-state index >= 15 is 0 Å². The van der Waals surface area contributed by atoms with Gasteiger partial charge in [0.2, 0.25) is 0 Å². The first-order chi connectivity index (χ1) is 10.2. The first-order valence-corrected chi connectivity index (χ1v) is 7.32. The van der Waals surface area contributed by atoms with E-state index in [1.807, 2.05) is 24.3 Å². The first-order valence-electron chi connectivity index (χ1n) is 7.32. The van der Waals surface area contributed by atoms with E-state index in [9.17, 15) is 0 Å². The highest BCUT2D eigenvalue weighted by molar-refractivity contribution is 5.45. The Kier molecular flexibility index (Phi) is 3.84. The van der Waals surface area contributed by atoms with Gasteiger partial charge < -0.3 is 15.2 Å². The van der Waals surface area contributed by atoms with E-state index < -0.39 is 0 Å². The van der Waals surface area contributed by atoms with E-state index in [2.05, 4.69) is 19.1 Å². The first kappa shape index (κ1) is 14.0. The Bertz CT molecular complexity index is 652. The van der Waals surface area contributed by atoms with Gasteiger partial charge in [-0.2, -0.15) is 0 Å². The van der Waals surface area contributed by atoms with Crippen LogP contribution in [-0.4, -0.2) is 7.11 Å². The molecule has 0 fully saturated rings. The van der Waals surface area contributed by atoms with E-state index in [4.69, 9.17) is 15.2 Å². The van der Waals surface area contributed by atoms with Crippen LogP contribution in [0.3, 0.4) is 0 Å². The molecule has 0 spiro atoms. The molecule has 1 aliphatic rings. The van der Waals surface area contributed by atoms with Gasteiger partial charge in [-0.3, -0.25) is 0 Å². The Labute approximate surface area is 125 Å². The van der Waals surface area contributed by atoms with E-state index in [0.717, 1.165) is 29.9 Å². The van der Waals surface area contributed by atoms with Crippen LogP contribution in [0.1, 0.15) is 34.7 Å². The van der Waals surface area contributed by atoms with E-state index in [1.54, 1.807) is 7.11 Å². The molecule has 1 unspecified atom stereocenters. The highest BCUT2D eigenvalue weighted by atomic mass is 16.5. The monoisotopic (exact) mass is 283 g/mol. The second kappa shape index (κ2) is 5.78. The molecule has 0 aromatic heterocycles. The number of fused-ring (bicyclic) bond motifs is 1. The average molecular weight is 283 g/mol. The summed E-state index contributed by atoms with van der Waals surface area (Å²) in [6, 6.07) is 12.4. The summed E-state index contributed by atoms with van der Waals surface area (Å²) in [5.41, 5.74) is 10.9. The Morgan fingerprint density at radius 3 is 2.86 bits per heavy atom. The maximum atomic E-state index is 6.11. The molecule has 3 rings (SSSR count). The Hall–Kier alpha value is -2.00. The van der Waals surface area contributed by atoms with Crippen molar-refractivity contribution in [1.82, 2.24) is 0 Å². The summed E-state index contributed by atoms with van der Waals surface area (Å²) < 4.78 is 11.4. The standard InChI is InChI=1S/C18H21NO2/c1-12-6-9-17(20-2)13(10-12)11-21-18-5-3-4-14-15(18)7-8-16(14)19/h3-6,9-10,16H,7-8,11,19H2,1-2H3.